The van der Waals surface area contributed by atoms with Crippen molar-refractivity contribution in [3.63, 3.8) is 0 Å². The van der Waals surface area contributed by atoms with Gasteiger partial charge in [0.1, 0.15) is 18.2 Å². The van der Waals surface area contributed by atoms with E-state index in [0.717, 1.165) is 36.0 Å². The molecule has 0 aliphatic heterocycles. The summed E-state index contributed by atoms with van der Waals surface area (Å²) in [6.07, 6.45) is 2.50. The molecular formula is C25H21ClFNO3. The van der Waals surface area contributed by atoms with Crippen LogP contribution >= 0.6 is 11.6 Å². The summed E-state index contributed by atoms with van der Waals surface area (Å²) in [7, 11) is 0. The monoisotopic (exact) mass is 437 g/mol. The summed E-state index contributed by atoms with van der Waals surface area (Å²) in [4.78, 5) is 15.9. The van der Waals surface area contributed by atoms with Crippen molar-refractivity contribution in [2.75, 3.05) is 0 Å². The normalized spacial score (nSPS) is 13.5. The predicted molar refractivity (Wildman–Crippen MR) is 119 cm³/mol. The third-order valence-electron chi connectivity index (χ3n) is 5.43. The minimum Gasteiger partial charge on any atom is -0.488 e. The van der Waals surface area contributed by atoms with Crippen LogP contribution in [0.15, 0.2) is 54.6 Å². The van der Waals surface area contributed by atoms with Gasteiger partial charge in [-0.3, -0.25) is 0 Å². The van der Waals surface area contributed by atoms with Gasteiger partial charge in [-0.2, -0.15) is 0 Å². The lowest BCUT2D eigenvalue weighted by Gasteiger charge is -2.15. The highest BCUT2D eigenvalue weighted by Crippen LogP contribution is 2.43. The molecule has 0 spiro atoms. The van der Waals surface area contributed by atoms with E-state index in [1.165, 1.54) is 6.07 Å². The molecule has 0 atom stereocenters. The number of pyridine rings is 1. The fraction of sp³-hybridized carbons (Fsp3) is 0.200. The summed E-state index contributed by atoms with van der Waals surface area (Å²) in [5.74, 6) is -0.757. The number of ether oxygens (including phenoxy) is 1. The van der Waals surface area contributed by atoms with E-state index in [1.54, 1.807) is 43.3 Å². The van der Waals surface area contributed by atoms with Crippen LogP contribution < -0.4 is 4.74 Å². The van der Waals surface area contributed by atoms with Gasteiger partial charge >= 0.3 is 5.97 Å². The number of hydrogen-bond acceptors (Lipinski definition) is 3. The topological polar surface area (TPSA) is 59.4 Å². The first-order chi connectivity index (χ1) is 14.9. The minimum absolute atomic E-state index is 0.0540. The van der Waals surface area contributed by atoms with E-state index in [2.05, 4.69) is 4.98 Å². The number of rotatable bonds is 6. The van der Waals surface area contributed by atoms with E-state index in [-0.39, 0.29) is 18.1 Å². The Kier molecular flexibility index (Phi) is 6.05. The zero-order valence-corrected chi connectivity index (χ0v) is 17.7. The molecule has 1 aromatic heterocycles. The number of carbonyl (C=O) groups is 1. The minimum atomic E-state index is -1.05. The molecule has 0 saturated carbocycles. The maximum atomic E-state index is 14.0. The molecule has 0 amide bonds. The highest BCUT2D eigenvalue weighted by molar-refractivity contribution is 6.30. The van der Waals surface area contributed by atoms with E-state index in [1.807, 2.05) is 12.1 Å². The lowest BCUT2D eigenvalue weighted by Crippen LogP contribution is -2.05. The van der Waals surface area contributed by atoms with Crippen LogP contribution in [0.3, 0.4) is 0 Å². The van der Waals surface area contributed by atoms with E-state index >= 15 is 0 Å². The van der Waals surface area contributed by atoms with Crippen molar-refractivity contribution in [2.24, 2.45) is 0 Å². The fourth-order valence-electron chi connectivity index (χ4n) is 3.87. The quantitative estimate of drug-likeness (QED) is 0.474. The van der Waals surface area contributed by atoms with Gasteiger partial charge in [-0.15, -0.1) is 0 Å². The molecule has 0 unspecified atom stereocenters. The number of benzene rings is 2. The van der Waals surface area contributed by atoms with Crippen LogP contribution in [0.1, 0.15) is 52.1 Å². The number of aryl methyl sites for hydroxylation is 1. The molecule has 2 aromatic carbocycles. The first-order valence-electron chi connectivity index (χ1n) is 10.0. The van der Waals surface area contributed by atoms with Gasteiger partial charge in [0.2, 0.25) is 0 Å². The van der Waals surface area contributed by atoms with Crippen LogP contribution in [0.25, 0.3) is 11.1 Å². The molecule has 0 radical (unpaired) electrons. The average Bonchev–Trinajstić information content (AvgIpc) is 3.23. The molecule has 1 N–H and O–H groups in total. The van der Waals surface area contributed by atoms with E-state index in [9.17, 15) is 14.3 Å². The van der Waals surface area contributed by atoms with Gasteiger partial charge in [-0.1, -0.05) is 35.9 Å². The standard InChI is InChI=1S/C25H21ClFNO3/c1-15-9-11-22(28-24(15)25(29)30)19-7-4-6-18(19)20-13-17(26)10-12-23(20)31-14-16-5-2-3-8-21(16)27/h2-3,5,8-13H,4,6-7,14H2,1H3,(H,29,30). The van der Waals surface area contributed by atoms with E-state index in [0.29, 0.717) is 27.6 Å². The van der Waals surface area contributed by atoms with Crippen LogP contribution in [0, 0.1) is 12.7 Å². The molecule has 0 bridgehead atoms. The van der Waals surface area contributed by atoms with E-state index in [4.69, 9.17) is 16.3 Å². The van der Waals surface area contributed by atoms with Crippen molar-refractivity contribution in [3.8, 4) is 5.75 Å². The molecular weight excluding hydrogens is 417 g/mol. The highest BCUT2D eigenvalue weighted by Gasteiger charge is 2.23. The second kappa shape index (κ2) is 8.90. The number of allylic oxidation sites excluding steroid dienone is 2. The fourth-order valence-corrected chi connectivity index (χ4v) is 4.04. The first-order valence-corrected chi connectivity index (χ1v) is 10.4. The van der Waals surface area contributed by atoms with Gasteiger partial charge < -0.3 is 9.84 Å². The summed E-state index contributed by atoms with van der Waals surface area (Å²) in [5, 5.41) is 10.0. The molecule has 0 saturated heterocycles. The summed E-state index contributed by atoms with van der Waals surface area (Å²) in [6.45, 7) is 1.83. The Morgan fingerprint density at radius 3 is 2.68 bits per heavy atom. The number of carboxylic acids is 1. The Hall–Kier alpha value is -3.18. The van der Waals surface area contributed by atoms with Gasteiger partial charge in [-0.05, 0) is 73.2 Å². The molecule has 6 heteroatoms. The predicted octanol–water partition coefficient (Wildman–Crippen LogP) is 6.55. The van der Waals surface area contributed by atoms with Crippen LogP contribution in [0.5, 0.6) is 5.75 Å². The van der Waals surface area contributed by atoms with Crippen molar-refractivity contribution in [3.05, 3.63) is 93.5 Å². The lowest BCUT2D eigenvalue weighted by molar-refractivity contribution is 0.0689. The Morgan fingerprint density at radius 2 is 1.90 bits per heavy atom. The Labute approximate surface area is 185 Å². The highest BCUT2D eigenvalue weighted by atomic mass is 35.5. The maximum Gasteiger partial charge on any atom is 0.354 e. The van der Waals surface area contributed by atoms with Gasteiger partial charge in [0.15, 0.2) is 5.69 Å². The molecule has 31 heavy (non-hydrogen) atoms. The number of hydrogen-bond donors (Lipinski definition) is 1. The third-order valence-corrected chi connectivity index (χ3v) is 5.67. The van der Waals surface area contributed by atoms with Crippen LogP contribution in [0.4, 0.5) is 4.39 Å². The molecule has 3 aromatic rings. The molecule has 1 heterocycles. The third kappa shape index (κ3) is 4.47. The zero-order valence-electron chi connectivity index (χ0n) is 17.0. The number of nitrogens with zero attached hydrogens (tertiary/aromatic N) is 1. The van der Waals surface area contributed by atoms with Crippen molar-refractivity contribution < 1.29 is 19.0 Å². The van der Waals surface area contributed by atoms with Gasteiger partial charge in [-0.25, -0.2) is 14.2 Å². The van der Waals surface area contributed by atoms with Crippen LogP contribution in [-0.2, 0) is 6.61 Å². The van der Waals surface area contributed by atoms with Gasteiger partial charge in [0.05, 0.1) is 5.69 Å². The molecule has 158 valence electrons. The van der Waals surface area contributed by atoms with Crippen molar-refractivity contribution in [1.82, 2.24) is 4.98 Å². The zero-order chi connectivity index (χ0) is 22.0. The summed E-state index contributed by atoms with van der Waals surface area (Å²) in [6, 6.07) is 15.5. The lowest BCUT2D eigenvalue weighted by atomic mass is 9.98. The van der Waals surface area contributed by atoms with E-state index < -0.39 is 5.97 Å². The molecule has 4 nitrogen and oxygen atoms in total. The summed E-state index contributed by atoms with van der Waals surface area (Å²) >= 11 is 6.29. The molecule has 4 rings (SSSR count). The van der Waals surface area contributed by atoms with Crippen LogP contribution in [0.2, 0.25) is 5.02 Å². The van der Waals surface area contributed by atoms with Crippen molar-refractivity contribution >= 4 is 28.7 Å². The second-order valence-electron chi connectivity index (χ2n) is 7.50. The van der Waals surface area contributed by atoms with Crippen molar-refractivity contribution in [1.29, 1.82) is 0 Å². The number of aromatic carboxylic acids is 1. The number of halogens is 2. The first kappa shape index (κ1) is 21.1. The Bertz CT molecular complexity index is 1190. The van der Waals surface area contributed by atoms with Crippen LogP contribution in [-0.4, -0.2) is 16.1 Å². The summed E-state index contributed by atoms with van der Waals surface area (Å²) < 4.78 is 20.0. The molecule has 1 aliphatic carbocycles. The second-order valence-corrected chi connectivity index (χ2v) is 7.93. The SMILES string of the molecule is Cc1ccc(C2=C(c3cc(Cl)ccc3OCc3ccccc3F)CCC2)nc1C(=O)O. The smallest absolute Gasteiger partial charge is 0.354 e. The number of aromatic nitrogens is 1. The van der Waals surface area contributed by atoms with Gasteiger partial charge in [0.25, 0.3) is 0 Å². The maximum absolute atomic E-state index is 14.0. The number of carboxylic acid groups (broad SMARTS) is 1. The van der Waals surface area contributed by atoms with Crippen molar-refractivity contribution in [2.45, 2.75) is 32.8 Å². The average molecular weight is 438 g/mol. The Balaban J connectivity index is 1.74. The Morgan fingerprint density at radius 1 is 1.13 bits per heavy atom. The molecule has 1 aliphatic rings. The van der Waals surface area contributed by atoms with Gasteiger partial charge in [0, 0.05) is 16.1 Å². The summed E-state index contributed by atoms with van der Waals surface area (Å²) in [5.41, 5.74) is 4.63. The molecule has 0 fully saturated rings. The largest absolute Gasteiger partial charge is 0.488 e.